The summed E-state index contributed by atoms with van der Waals surface area (Å²) in [4.78, 5) is 27.0. The standard InChI is InChI=1S/C37H42F3N3O4/c1-21(2)13-15-41-29-11-9-23(37(38,39)40)17-27(29)35(5,6)31(41)19-25-33(44)26(34(25)45)20-32-36(7,8)28-18-24(43(46)47)10-12-30(28)42(32)16-14-22(3)4/h9-12,17-22H,13-16H2,1-8H3/p+1. The third-order valence-electron chi connectivity index (χ3n) is 9.73. The molecule has 0 amide bonds. The van der Waals surface area contributed by atoms with Crippen molar-refractivity contribution in [2.75, 3.05) is 18.0 Å². The lowest BCUT2D eigenvalue weighted by Gasteiger charge is -2.29. The van der Waals surface area contributed by atoms with Crippen molar-refractivity contribution in [1.29, 1.82) is 0 Å². The number of hydrogen-bond acceptors (Lipinski definition) is 5. The Morgan fingerprint density at radius 2 is 1.62 bits per heavy atom. The fourth-order valence-corrected chi connectivity index (χ4v) is 6.79. The molecule has 2 aromatic carbocycles. The predicted molar refractivity (Wildman–Crippen MR) is 177 cm³/mol. The summed E-state index contributed by atoms with van der Waals surface area (Å²) < 4.78 is 43.1. The number of nitrogens with zero attached hydrogens (tertiary/aromatic N) is 3. The largest absolute Gasteiger partial charge is 0.506 e. The highest BCUT2D eigenvalue weighted by molar-refractivity contribution is 6.24. The molecule has 3 aliphatic rings. The summed E-state index contributed by atoms with van der Waals surface area (Å²) >= 11 is 0. The van der Waals surface area contributed by atoms with Gasteiger partial charge in [0.1, 0.15) is 12.3 Å². The van der Waals surface area contributed by atoms with Crippen LogP contribution < -0.4 is 4.90 Å². The van der Waals surface area contributed by atoms with Crippen molar-refractivity contribution in [3.8, 4) is 0 Å². The number of fused-ring (bicyclic) bond motifs is 2. The third-order valence-corrected chi connectivity index (χ3v) is 9.73. The van der Waals surface area contributed by atoms with E-state index in [1.807, 2.05) is 32.3 Å². The minimum absolute atomic E-state index is 0.0181. The zero-order chi connectivity index (χ0) is 34.8. The van der Waals surface area contributed by atoms with E-state index in [1.54, 1.807) is 24.3 Å². The molecule has 5 rings (SSSR count). The Kier molecular flexibility index (Phi) is 8.56. The molecule has 2 heterocycles. The number of anilines is 1. The molecule has 0 radical (unpaired) electrons. The van der Waals surface area contributed by atoms with Crippen molar-refractivity contribution in [2.24, 2.45) is 11.8 Å². The van der Waals surface area contributed by atoms with Gasteiger partial charge in [0.2, 0.25) is 11.5 Å². The van der Waals surface area contributed by atoms with Crippen LogP contribution in [0, 0.1) is 22.0 Å². The van der Waals surface area contributed by atoms with Crippen LogP contribution in [0.5, 0.6) is 0 Å². The minimum atomic E-state index is -4.50. The predicted octanol–water partition coefficient (Wildman–Crippen LogP) is 9.08. The summed E-state index contributed by atoms with van der Waals surface area (Å²) in [7, 11) is 0. The van der Waals surface area contributed by atoms with E-state index in [4.69, 9.17) is 0 Å². The van der Waals surface area contributed by atoms with Gasteiger partial charge >= 0.3 is 6.18 Å². The second kappa shape index (κ2) is 11.8. The number of Topliss-reactive ketones (excluding diaryl/α,β-unsaturated/α-hetero) is 1. The van der Waals surface area contributed by atoms with Crippen molar-refractivity contribution in [2.45, 2.75) is 85.2 Å². The first kappa shape index (κ1) is 34.1. The Bertz CT molecular complexity index is 1790. The van der Waals surface area contributed by atoms with Crippen molar-refractivity contribution < 1.29 is 32.6 Å². The first-order valence-electron chi connectivity index (χ1n) is 16.1. The topological polar surface area (TPSA) is 86.7 Å². The van der Waals surface area contributed by atoms with Crippen LogP contribution >= 0.6 is 0 Å². The number of halogens is 3. The second-order valence-corrected chi connectivity index (χ2v) is 14.7. The van der Waals surface area contributed by atoms with E-state index < -0.39 is 27.5 Å². The van der Waals surface area contributed by atoms with Crippen LogP contribution in [0.3, 0.4) is 0 Å². The Morgan fingerprint density at radius 1 is 0.957 bits per heavy atom. The number of ketones is 1. The van der Waals surface area contributed by atoms with E-state index >= 15 is 0 Å². The van der Waals surface area contributed by atoms with E-state index in [9.17, 15) is 33.2 Å². The first-order valence-corrected chi connectivity index (χ1v) is 16.1. The maximum atomic E-state index is 13.8. The second-order valence-electron chi connectivity index (χ2n) is 14.7. The molecule has 0 spiro atoms. The number of nitro benzene ring substituents is 1. The lowest BCUT2D eigenvalue weighted by Crippen LogP contribution is -2.32. The zero-order valence-corrected chi connectivity index (χ0v) is 28.2. The van der Waals surface area contributed by atoms with E-state index in [0.717, 1.165) is 35.9 Å². The summed E-state index contributed by atoms with van der Waals surface area (Å²) in [5.41, 5.74) is 2.10. The van der Waals surface area contributed by atoms with Crippen molar-refractivity contribution >= 4 is 28.6 Å². The molecule has 0 fully saturated rings. The summed E-state index contributed by atoms with van der Waals surface area (Å²) in [5.74, 6) is 0.177. The molecule has 47 heavy (non-hydrogen) atoms. The van der Waals surface area contributed by atoms with Gasteiger partial charge in [-0.25, -0.2) is 0 Å². The average Bonchev–Trinajstić information content (AvgIpc) is 3.32. The lowest BCUT2D eigenvalue weighted by atomic mass is 9.77. The smallest absolute Gasteiger partial charge is 0.416 e. The van der Waals surface area contributed by atoms with Gasteiger partial charge in [0.25, 0.3) is 5.69 Å². The quantitative estimate of drug-likeness (QED) is 0.127. The number of aliphatic hydroxyl groups is 1. The third kappa shape index (κ3) is 5.91. The molecular weight excluding hydrogens is 607 g/mol. The van der Waals surface area contributed by atoms with Crippen molar-refractivity contribution in [3.63, 3.8) is 0 Å². The Balaban J connectivity index is 1.60. The SMILES string of the molecule is CC(C)CCN1C(=CC2=C(O)C(=CC3=[N+](CCC(C)C)c4ccc(C(F)(F)F)cc4C3(C)C)C2=O)C(C)(C)c2cc([N+](=O)[O-])ccc21. The number of carbonyl (C=O) groups is 1. The first-order chi connectivity index (χ1) is 21.8. The summed E-state index contributed by atoms with van der Waals surface area (Å²) in [6, 6.07) is 8.57. The van der Waals surface area contributed by atoms with Gasteiger partial charge in [0.15, 0.2) is 5.71 Å². The van der Waals surface area contributed by atoms with E-state index in [2.05, 4.69) is 32.6 Å². The van der Waals surface area contributed by atoms with Crippen LogP contribution in [-0.2, 0) is 21.8 Å². The van der Waals surface area contributed by atoms with Crippen LogP contribution in [0.4, 0.5) is 30.2 Å². The van der Waals surface area contributed by atoms with Gasteiger partial charge in [-0.05, 0) is 61.9 Å². The molecule has 0 atom stereocenters. The normalized spacial score (nSPS) is 20.2. The summed E-state index contributed by atoms with van der Waals surface area (Å²) in [6.07, 6.45) is 0.429. The lowest BCUT2D eigenvalue weighted by molar-refractivity contribution is -0.439. The summed E-state index contributed by atoms with van der Waals surface area (Å²) in [6.45, 7) is 17.1. The van der Waals surface area contributed by atoms with Crippen molar-refractivity contribution in [1.82, 2.24) is 0 Å². The van der Waals surface area contributed by atoms with Gasteiger partial charge in [0.05, 0.1) is 27.0 Å². The van der Waals surface area contributed by atoms with Gasteiger partial charge in [-0.15, -0.1) is 0 Å². The number of rotatable bonds is 9. The van der Waals surface area contributed by atoms with Crippen molar-refractivity contribution in [3.05, 3.63) is 98.0 Å². The minimum Gasteiger partial charge on any atom is -0.506 e. The highest BCUT2D eigenvalue weighted by atomic mass is 19.4. The molecule has 250 valence electrons. The number of benzene rings is 2. The number of alkyl halides is 3. The van der Waals surface area contributed by atoms with Crippen LogP contribution in [0.15, 0.2) is 71.2 Å². The van der Waals surface area contributed by atoms with Crippen LogP contribution in [0.1, 0.15) is 84.9 Å². The number of allylic oxidation sites excluding steroid dienone is 5. The van der Waals surface area contributed by atoms with E-state index in [1.165, 1.54) is 18.2 Å². The molecule has 10 heteroatoms. The van der Waals surface area contributed by atoms with E-state index in [0.29, 0.717) is 41.9 Å². The monoisotopic (exact) mass is 650 g/mol. The highest BCUT2D eigenvalue weighted by Crippen LogP contribution is 2.50. The fraction of sp³-hybridized carbons (Fsp3) is 0.459. The zero-order valence-electron chi connectivity index (χ0n) is 28.2. The van der Waals surface area contributed by atoms with Gasteiger partial charge in [-0.3, -0.25) is 14.9 Å². The van der Waals surface area contributed by atoms with Crippen LogP contribution in [0.25, 0.3) is 0 Å². The Labute approximate surface area is 273 Å². The van der Waals surface area contributed by atoms with Gasteiger partial charge in [0, 0.05) is 59.6 Å². The van der Waals surface area contributed by atoms with Crippen LogP contribution in [-0.4, -0.2) is 39.2 Å². The van der Waals surface area contributed by atoms with Gasteiger partial charge < -0.3 is 10.0 Å². The molecule has 2 aromatic rings. The molecule has 2 aliphatic heterocycles. The number of non-ortho nitro benzene ring substituents is 1. The summed E-state index contributed by atoms with van der Waals surface area (Å²) in [5, 5.41) is 23.0. The Hall–Kier alpha value is -4.21. The number of nitro groups is 1. The molecular formula is C37H43F3N3O4+. The number of carbonyl (C=O) groups excluding carboxylic acids is 1. The number of hydrogen-bond donors (Lipinski definition) is 1. The molecule has 7 nitrogen and oxygen atoms in total. The molecule has 0 aromatic heterocycles. The van der Waals surface area contributed by atoms with Crippen LogP contribution in [0.2, 0.25) is 0 Å². The highest BCUT2D eigenvalue weighted by Gasteiger charge is 2.48. The molecule has 1 N–H and O–H groups in total. The molecule has 0 unspecified atom stereocenters. The maximum Gasteiger partial charge on any atom is 0.416 e. The molecule has 1 aliphatic carbocycles. The maximum absolute atomic E-state index is 13.8. The fourth-order valence-electron chi connectivity index (χ4n) is 6.79. The Morgan fingerprint density at radius 3 is 2.19 bits per heavy atom. The van der Waals surface area contributed by atoms with Gasteiger partial charge in [-0.1, -0.05) is 41.5 Å². The van der Waals surface area contributed by atoms with Gasteiger partial charge in [-0.2, -0.15) is 17.7 Å². The molecule has 0 saturated heterocycles. The molecule has 0 saturated carbocycles. The molecule has 0 bridgehead atoms. The van der Waals surface area contributed by atoms with E-state index in [-0.39, 0.29) is 28.4 Å². The average molecular weight is 651 g/mol. The number of aliphatic hydroxyl groups excluding tert-OH is 1.